The van der Waals surface area contributed by atoms with Gasteiger partial charge >= 0.3 is 0 Å². The molecule has 0 aromatic heterocycles. The van der Waals surface area contributed by atoms with Crippen LogP contribution in [0.5, 0.6) is 0 Å². The maximum absolute atomic E-state index is 5.98. The molecule has 18 heavy (non-hydrogen) atoms. The second kappa shape index (κ2) is 5.32. The Morgan fingerprint density at radius 1 is 1.33 bits per heavy atom. The molecule has 0 radical (unpaired) electrons. The fourth-order valence-electron chi connectivity index (χ4n) is 3.44. The van der Waals surface area contributed by atoms with Crippen molar-refractivity contribution in [3.8, 4) is 0 Å². The van der Waals surface area contributed by atoms with Gasteiger partial charge in [0.05, 0.1) is 12.2 Å². The highest BCUT2D eigenvalue weighted by molar-refractivity contribution is 9.10. The molecule has 98 valence electrons. The van der Waals surface area contributed by atoms with Crippen LogP contribution >= 0.6 is 15.9 Å². The van der Waals surface area contributed by atoms with E-state index in [1.807, 2.05) is 0 Å². The van der Waals surface area contributed by atoms with E-state index in [4.69, 9.17) is 4.74 Å². The first-order valence-corrected chi connectivity index (χ1v) is 7.62. The molecule has 0 spiro atoms. The number of fused-ring (bicyclic) bond motifs is 2. The Labute approximate surface area is 117 Å². The zero-order valence-electron chi connectivity index (χ0n) is 10.7. The summed E-state index contributed by atoms with van der Waals surface area (Å²) < 4.78 is 7.13. The van der Waals surface area contributed by atoms with E-state index in [-0.39, 0.29) is 0 Å². The van der Waals surface area contributed by atoms with Gasteiger partial charge < -0.3 is 10.1 Å². The molecule has 1 N–H and O–H groups in total. The molecule has 2 nitrogen and oxygen atoms in total. The lowest BCUT2D eigenvalue weighted by molar-refractivity contribution is 0.0863. The molecular formula is C15H20BrNO. The summed E-state index contributed by atoms with van der Waals surface area (Å²) in [7, 11) is 2.08. The van der Waals surface area contributed by atoms with Crippen LogP contribution in [0.3, 0.4) is 0 Å². The van der Waals surface area contributed by atoms with Gasteiger partial charge in [0.2, 0.25) is 0 Å². The number of likely N-dealkylation sites (N-methyl/N-ethyl adjacent to an activating group) is 1. The molecule has 2 saturated heterocycles. The van der Waals surface area contributed by atoms with Crippen molar-refractivity contribution in [1.29, 1.82) is 0 Å². The van der Waals surface area contributed by atoms with E-state index in [1.54, 1.807) is 0 Å². The van der Waals surface area contributed by atoms with Gasteiger partial charge in [0.15, 0.2) is 0 Å². The molecule has 4 unspecified atom stereocenters. The third-order valence-electron chi connectivity index (χ3n) is 4.41. The smallest absolute Gasteiger partial charge is 0.0623 e. The summed E-state index contributed by atoms with van der Waals surface area (Å²) in [5.41, 5.74) is 1.40. The SMILES string of the molecule is CNC(Cc1ccc(Br)cc1)C1CC2CCC1O2. The van der Waals surface area contributed by atoms with Gasteiger partial charge in [-0.3, -0.25) is 0 Å². The summed E-state index contributed by atoms with van der Waals surface area (Å²) in [5, 5.41) is 3.50. The normalized spacial score (nSPS) is 31.8. The van der Waals surface area contributed by atoms with Crippen molar-refractivity contribution in [1.82, 2.24) is 5.32 Å². The summed E-state index contributed by atoms with van der Waals surface area (Å²) in [6, 6.07) is 9.21. The van der Waals surface area contributed by atoms with Crippen LogP contribution in [-0.4, -0.2) is 25.3 Å². The third kappa shape index (κ3) is 2.49. The highest BCUT2D eigenvalue weighted by Crippen LogP contribution is 2.40. The Morgan fingerprint density at radius 2 is 2.11 bits per heavy atom. The van der Waals surface area contributed by atoms with E-state index >= 15 is 0 Å². The summed E-state index contributed by atoms with van der Waals surface area (Å²) in [4.78, 5) is 0. The van der Waals surface area contributed by atoms with Gasteiger partial charge in [0.1, 0.15) is 0 Å². The first-order chi connectivity index (χ1) is 8.76. The highest BCUT2D eigenvalue weighted by atomic mass is 79.9. The standard InChI is InChI=1S/C15H20BrNO/c1-17-14(8-10-2-4-11(16)5-3-10)13-9-12-6-7-15(13)18-12/h2-5,12-15,17H,6-9H2,1H3. The number of ether oxygens (including phenoxy) is 1. The number of benzene rings is 1. The lowest BCUT2D eigenvalue weighted by atomic mass is 9.81. The number of hydrogen-bond donors (Lipinski definition) is 1. The molecule has 2 aliphatic heterocycles. The molecule has 4 atom stereocenters. The van der Waals surface area contributed by atoms with Gasteiger partial charge in [0, 0.05) is 16.4 Å². The Balaban J connectivity index is 1.67. The second-order valence-corrected chi connectivity index (χ2v) is 6.41. The van der Waals surface area contributed by atoms with Crippen molar-refractivity contribution in [3.05, 3.63) is 34.3 Å². The maximum Gasteiger partial charge on any atom is 0.0623 e. The van der Waals surface area contributed by atoms with E-state index in [0.717, 1.165) is 10.9 Å². The van der Waals surface area contributed by atoms with Crippen molar-refractivity contribution in [2.75, 3.05) is 7.05 Å². The first kappa shape index (κ1) is 12.6. The fraction of sp³-hybridized carbons (Fsp3) is 0.600. The van der Waals surface area contributed by atoms with Crippen LogP contribution in [0.2, 0.25) is 0 Å². The molecule has 1 aromatic rings. The largest absolute Gasteiger partial charge is 0.375 e. The topological polar surface area (TPSA) is 21.3 Å². The van der Waals surface area contributed by atoms with Crippen LogP contribution in [0.15, 0.2) is 28.7 Å². The van der Waals surface area contributed by atoms with Crippen LogP contribution in [0.4, 0.5) is 0 Å². The summed E-state index contributed by atoms with van der Waals surface area (Å²) in [5.74, 6) is 0.692. The van der Waals surface area contributed by atoms with Crippen molar-refractivity contribution >= 4 is 15.9 Å². The zero-order valence-corrected chi connectivity index (χ0v) is 12.3. The molecule has 2 bridgehead atoms. The lowest BCUT2D eigenvalue weighted by Gasteiger charge is -2.28. The van der Waals surface area contributed by atoms with Gasteiger partial charge in [-0.15, -0.1) is 0 Å². The molecule has 2 fully saturated rings. The second-order valence-electron chi connectivity index (χ2n) is 5.50. The van der Waals surface area contributed by atoms with E-state index in [1.165, 1.54) is 24.8 Å². The number of halogens is 1. The van der Waals surface area contributed by atoms with Gasteiger partial charge in [-0.2, -0.15) is 0 Å². The third-order valence-corrected chi connectivity index (χ3v) is 4.94. The van der Waals surface area contributed by atoms with Crippen LogP contribution in [0.1, 0.15) is 24.8 Å². The molecule has 2 aliphatic rings. The molecular weight excluding hydrogens is 290 g/mol. The molecule has 3 heteroatoms. The van der Waals surface area contributed by atoms with E-state index in [0.29, 0.717) is 24.2 Å². The molecule has 0 amide bonds. The molecule has 1 aromatic carbocycles. The van der Waals surface area contributed by atoms with Crippen LogP contribution in [0.25, 0.3) is 0 Å². The Kier molecular flexibility index (Phi) is 3.73. The monoisotopic (exact) mass is 309 g/mol. The van der Waals surface area contributed by atoms with E-state index in [9.17, 15) is 0 Å². The van der Waals surface area contributed by atoms with E-state index in [2.05, 4.69) is 52.6 Å². The lowest BCUT2D eigenvalue weighted by Crippen LogP contribution is -2.40. The van der Waals surface area contributed by atoms with Crippen LogP contribution < -0.4 is 5.32 Å². The highest BCUT2D eigenvalue weighted by Gasteiger charge is 2.43. The fourth-order valence-corrected chi connectivity index (χ4v) is 3.71. The average molecular weight is 310 g/mol. The molecule has 2 heterocycles. The first-order valence-electron chi connectivity index (χ1n) is 6.83. The minimum atomic E-state index is 0.503. The average Bonchev–Trinajstić information content (AvgIpc) is 3.00. The predicted octanol–water partition coefficient (Wildman–Crippen LogP) is 3.15. The quantitative estimate of drug-likeness (QED) is 0.922. The Hall–Kier alpha value is -0.380. The number of rotatable bonds is 4. The summed E-state index contributed by atoms with van der Waals surface area (Å²) >= 11 is 3.49. The van der Waals surface area contributed by atoms with E-state index < -0.39 is 0 Å². The van der Waals surface area contributed by atoms with Crippen molar-refractivity contribution in [3.63, 3.8) is 0 Å². The van der Waals surface area contributed by atoms with Gasteiger partial charge in [-0.05, 0) is 50.4 Å². The molecule has 0 saturated carbocycles. The molecule has 3 rings (SSSR count). The minimum Gasteiger partial charge on any atom is -0.375 e. The number of hydrogen-bond acceptors (Lipinski definition) is 2. The minimum absolute atomic E-state index is 0.503. The van der Waals surface area contributed by atoms with Gasteiger partial charge in [-0.25, -0.2) is 0 Å². The predicted molar refractivity (Wildman–Crippen MR) is 76.7 cm³/mol. The Morgan fingerprint density at radius 3 is 2.67 bits per heavy atom. The van der Waals surface area contributed by atoms with Crippen LogP contribution in [0, 0.1) is 5.92 Å². The summed E-state index contributed by atoms with van der Waals surface area (Å²) in [6.07, 6.45) is 5.92. The van der Waals surface area contributed by atoms with Crippen molar-refractivity contribution in [2.45, 2.75) is 43.9 Å². The summed E-state index contributed by atoms with van der Waals surface area (Å²) in [6.45, 7) is 0. The zero-order chi connectivity index (χ0) is 12.5. The van der Waals surface area contributed by atoms with Crippen molar-refractivity contribution < 1.29 is 4.74 Å². The van der Waals surface area contributed by atoms with Gasteiger partial charge in [0.25, 0.3) is 0 Å². The van der Waals surface area contributed by atoms with Gasteiger partial charge in [-0.1, -0.05) is 28.1 Å². The maximum atomic E-state index is 5.98. The molecule has 0 aliphatic carbocycles. The Bertz CT molecular complexity index is 405. The van der Waals surface area contributed by atoms with Crippen LogP contribution in [-0.2, 0) is 11.2 Å². The number of nitrogens with one attached hydrogen (secondary N) is 1. The van der Waals surface area contributed by atoms with Crippen molar-refractivity contribution in [2.24, 2.45) is 5.92 Å².